The summed E-state index contributed by atoms with van der Waals surface area (Å²) >= 11 is 0. The number of piperazine rings is 1. The molecule has 1 saturated carbocycles. The Balaban J connectivity index is 1.38. The molecule has 7 nitrogen and oxygen atoms in total. The summed E-state index contributed by atoms with van der Waals surface area (Å²) in [6.07, 6.45) is 7.10. The van der Waals surface area contributed by atoms with Crippen LogP contribution < -0.4 is 4.90 Å². The Kier molecular flexibility index (Phi) is 4.54. The predicted octanol–water partition coefficient (Wildman–Crippen LogP) is 1.16. The topological polar surface area (TPSA) is 69.6 Å². The third kappa shape index (κ3) is 3.15. The summed E-state index contributed by atoms with van der Waals surface area (Å²) in [5.74, 6) is 1.35. The van der Waals surface area contributed by atoms with Crippen molar-refractivity contribution in [2.45, 2.75) is 32.6 Å². The number of nitrogens with zero attached hydrogens (tertiary/aromatic N) is 5. The van der Waals surface area contributed by atoms with Gasteiger partial charge in [0.15, 0.2) is 0 Å². The lowest BCUT2D eigenvalue weighted by molar-refractivity contribution is -0.150. The molecule has 0 radical (unpaired) electrons. The first-order valence-corrected chi connectivity index (χ1v) is 9.71. The number of hydrogen-bond donors (Lipinski definition) is 0. The first-order valence-electron chi connectivity index (χ1n) is 9.71. The lowest BCUT2D eigenvalue weighted by Gasteiger charge is -2.38. The van der Waals surface area contributed by atoms with E-state index >= 15 is 0 Å². The Hall–Kier alpha value is -2.18. The van der Waals surface area contributed by atoms with Gasteiger partial charge in [-0.25, -0.2) is 9.97 Å². The summed E-state index contributed by atoms with van der Waals surface area (Å²) in [5.41, 5.74) is -0.761. The van der Waals surface area contributed by atoms with Crippen LogP contribution >= 0.6 is 0 Å². The zero-order valence-electron chi connectivity index (χ0n) is 15.4. The van der Waals surface area contributed by atoms with Crippen molar-refractivity contribution in [2.75, 3.05) is 44.2 Å². The van der Waals surface area contributed by atoms with Gasteiger partial charge in [-0.2, -0.15) is 0 Å². The molecule has 2 aliphatic heterocycles. The molecule has 1 aliphatic carbocycles. The van der Waals surface area contributed by atoms with Crippen molar-refractivity contribution in [2.24, 2.45) is 11.3 Å². The van der Waals surface area contributed by atoms with Crippen LogP contribution in [0.25, 0.3) is 0 Å². The quantitative estimate of drug-likeness (QED) is 0.760. The van der Waals surface area contributed by atoms with E-state index in [0.717, 1.165) is 19.5 Å². The van der Waals surface area contributed by atoms with Gasteiger partial charge in [-0.3, -0.25) is 9.59 Å². The minimum absolute atomic E-state index is 0.0364. The molecule has 1 aromatic rings. The van der Waals surface area contributed by atoms with Gasteiger partial charge >= 0.3 is 0 Å². The van der Waals surface area contributed by atoms with Crippen LogP contribution in [0.1, 0.15) is 32.6 Å². The minimum Gasteiger partial charge on any atom is -0.342 e. The predicted molar refractivity (Wildman–Crippen MR) is 97.5 cm³/mol. The van der Waals surface area contributed by atoms with Gasteiger partial charge in [0.25, 0.3) is 0 Å². The van der Waals surface area contributed by atoms with E-state index in [1.165, 1.54) is 6.42 Å². The number of hydrogen-bond acceptors (Lipinski definition) is 5. The Morgan fingerprint density at radius 1 is 1.00 bits per heavy atom. The second kappa shape index (κ2) is 6.85. The van der Waals surface area contributed by atoms with Gasteiger partial charge in [-0.15, -0.1) is 0 Å². The van der Waals surface area contributed by atoms with Crippen molar-refractivity contribution < 1.29 is 9.59 Å². The Morgan fingerprint density at radius 3 is 2.27 bits per heavy atom. The van der Waals surface area contributed by atoms with Gasteiger partial charge in [-0.1, -0.05) is 6.92 Å². The molecular formula is C19H27N5O2. The van der Waals surface area contributed by atoms with Crippen molar-refractivity contribution in [3.8, 4) is 0 Å². The zero-order chi connectivity index (χ0) is 18.1. The SMILES string of the molecule is CC1CCCN(C(=O)C2(C(=O)N3CCN(c4ncccn4)CC3)CC2)C1. The smallest absolute Gasteiger partial charge is 0.238 e. The second-order valence-corrected chi connectivity index (χ2v) is 7.91. The first kappa shape index (κ1) is 17.2. The maximum absolute atomic E-state index is 13.1. The van der Waals surface area contributed by atoms with Crippen LogP contribution in [0.2, 0.25) is 0 Å². The summed E-state index contributed by atoms with van der Waals surface area (Å²) < 4.78 is 0. The van der Waals surface area contributed by atoms with Crippen molar-refractivity contribution in [3.05, 3.63) is 18.5 Å². The van der Waals surface area contributed by atoms with Gasteiger partial charge in [0, 0.05) is 51.7 Å². The molecule has 1 aromatic heterocycles. The lowest BCUT2D eigenvalue weighted by Crippen LogP contribution is -2.54. The number of carbonyl (C=O) groups excluding carboxylic acids is 2. The molecule has 0 spiro atoms. The van der Waals surface area contributed by atoms with E-state index in [-0.39, 0.29) is 11.8 Å². The zero-order valence-corrected chi connectivity index (χ0v) is 15.4. The summed E-state index contributed by atoms with van der Waals surface area (Å²) in [6.45, 7) is 6.46. The molecule has 0 N–H and O–H groups in total. The number of likely N-dealkylation sites (tertiary alicyclic amines) is 1. The minimum atomic E-state index is -0.761. The number of aromatic nitrogens is 2. The van der Waals surface area contributed by atoms with Gasteiger partial charge in [0.1, 0.15) is 5.41 Å². The van der Waals surface area contributed by atoms with Crippen molar-refractivity contribution in [3.63, 3.8) is 0 Å². The van der Waals surface area contributed by atoms with Crippen LogP contribution in [0.3, 0.4) is 0 Å². The molecule has 26 heavy (non-hydrogen) atoms. The molecule has 0 aromatic carbocycles. The fourth-order valence-corrected chi connectivity index (χ4v) is 4.19. The van der Waals surface area contributed by atoms with E-state index in [9.17, 15) is 9.59 Å². The lowest BCUT2D eigenvalue weighted by atomic mass is 9.96. The third-order valence-electron chi connectivity index (χ3n) is 5.91. The van der Waals surface area contributed by atoms with Crippen molar-refractivity contribution >= 4 is 17.8 Å². The third-order valence-corrected chi connectivity index (χ3v) is 5.91. The second-order valence-electron chi connectivity index (χ2n) is 7.91. The summed E-state index contributed by atoms with van der Waals surface area (Å²) in [5, 5.41) is 0. The highest BCUT2D eigenvalue weighted by Crippen LogP contribution is 2.49. The Labute approximate surface area is 154 Å². The summed E-state index contributed by atoms with van der Waals surface area (Å²) in [6, 6.07) is 1.80. The molecular weight excluding hydrogens is 330 g/mol. The molecule has 3 fully saturated rings. The molecule has 0 bridgehead atoms. The average Bonchev–Trinajstić information content (AvgIpc) is 3.50. The largest absolute Gasteiger partial charge is 0.342 e. The maximum atomic E-state index is 13.1. The van der Waals surface area contributed by atoms with Gasteiger partial charge < -0.3 is 14.7 Å². The average molecular weight is 357 g/mol. The van der Waals surface area contributed by atoms with Crippen molar-refractivity contribution in [1.29, 1.82) is 0 Å². The first-order chi connectivity index (χ1) is 12.6. The molecule has 140 valence electrons. The van der Waals surface area contributed by atoms with Crippen LogP contribution in [-0.4, -0.2) is 70.9 Å². The van der Waals surface area contributed by atoms with E-state index < -0.39 is 5.41 Å². The van der Waals surface area contributed by atoms with E-state index in [0.29, 0.717) is 50.9 Å². The fourth-order valence-electron chi connectivity index (χ4n) is 4.19. The Morgan fingerprint density at radius 2 is 1.65 bits per heavy atom. The number of rotatable bonds is 3. The molecule has 4 rings (SSSR count). The van der Waals surface area contributed by atoms with E-state index in [1.54, 1.807) is 18.5 Å². The molecule has 2 saturated heterocycles. The summed E-state index contributed by atoms with van der Waals surface area (Å²) in [4.78, 5) is 40.6. The van der Waals surface area contributed by atoms with Crippen molar-refractivity contribution in [1.82, 2.24) is 19.8 Å². The van der Waals surface area contributed by atoms with Crippen LogP contribution in [-0.2, 0) is 9.59 Å². The number of amides is 2. The monoisotopic (exact) mass is 357 g/mol. The van der Waals surface area contributed by atoms with Crippen LogP contribution in [0.15, 0.2) is 18.5 Å². The molecule has 1 atom stereocenters. The highest BCUT2D eigenvalue weighted by atomic mass is 16.2. The molecule has 2 amide bonds. The van der Waals surface area contributed by atoms with E-state index in [4.69, 9.17) is 0 Å². The Bertz CT molecular complexity index is 668. The highest BCUT2D eigenvalue weighted by Gasteiger charge is 2.59. The fraction of sp³-hybridized carbons (Fsp3) is 0.684. The highest BCUT2D eigenvalue weighted by molar-refractivity contribution is 6.08. The van der Waals surface area contributed by atoms with Gasteiger partial charge in [0.2, 0.25) is 17.8 Å². The molecule has 3 aliphatic rings. The number of anilines is 1. The van der Waals surface area contributed by atoms with Crippen LogP contribution in [0, 0.1) is 11.3 Å². The van der Waals surface area contributed by atoms with Gasteiger partial charge in [0.05, 0.1) is 0 Å². The summed E-state index contributed by atoms with van der Waals surface area (Å²) in [7, 11) is 0. The van der Waals surface area contributed by atoms with E-state index in [1.807, 2.05) is 9.80 Å². The maximum Gasteiger partial charge on any atom is 0.238 e. The van der Waals surface area contributed by atoms with Crippen LogP contribution in [0.5, 0.6) is 0 Å². The number of piperidine rings is 1. The van der Waals surface area contributed by atoms with Gasteiger partial charge in [-0.05, 0) is 37.7 Å². The number of carbonyl (C=O) groups is 2. The normalized spacial score (nSPS) is 25.1. The standard InChI is InChI=1S/C19H27N5O2/c1-15-4-2-9-24(14-15)17(26)19(5-6-19)16(25)22-10-12-23(13-11-22)18-20-7-3-8-21-18/h3,7-8,15H,2,4-6,9-14H2,1H3. The molecule has 3 heterocycles. The molecule has 1 unspecified atom stereocenters. The van der Waals surface area contributed by atoms with Crippen LogP contribution in [0.4, 0.5) is 5.95 Å². The van der Waals surface area contributed by atoms with E-state index in [2.05, 4.69) is 21.8 Å². The molecule has 7 heteroatoms.